The van der Waals surface area contributed by atoms with Gasteiger partial charge in [0.15, 0.2) is 0 Å². The Bertz CT molecular complexity index is 258. The van der Waals surface area contributed by atoms with Crippen LogP contribution in [0.3, 0.4) is 0 Å². The van der Waals surface area contributed by atoms with Gasteiger partial charge in [-0.25, -0.2) is 4.79 Å². The summed E-state index contributed by atoms with van der Waals surface area (Å²) in [6.07, 6.45) is 0.266. The minimum Gasteiger partial charge on any atom is -0.447 e. The number of carbonyl (C=O) groups excluding carboxylic acids is 2. The summed E-state index contributed by atoms with van der Waals surface area (Å²) < 4.78 is 4.45. The standard InChI is InChI=1S/C7H11N3O3/c1-3-13-7(12)10-9-5(2)4-6(8)11/h4H,3H2,1-2H3,(H2,8,11). The first-order valence-corrected chi connectivity index (χ1v) is 3.62. The number of azo groups is 1. The molecule has 6 nitrogen and oxygen atoms in total. The minimum atomic E-state index is -0.792. The fraction of sp³-hybridized carbons (Fsp3) is 0.429. The van der Waals surface area contributed by atoms with E-state index in [4.69, 9.17) is 5.73 Å². The number of nitrogens with two attached hydrogens (primary N) is 1. The quantitative estimate of drug-likeness (QED) is 0.524. The second kappa shape index (κ2) is 5.87. The molecule has 0 aliphatic rings. The van der Waals surface area contributed by atoms with Gasteiger partial charge in [-0.05, 0) is 13.8 Å². The SMILES string of the molecule is CCOC(=O)N=NC(C)=CC(N)=O. The highest BCUT2D eigenvalue weighted by molar-refractivity contribution is 5.86. The maximum Gasteiger partial charge on any atom is 0.452 e. The number of primary amides is 1. The van der Waals surface area contributed by atoms with Gasteiger partial charge in [0.1, 0.15) is 0 Å². The molecule has 0 atom stereocenters. The van der Waals surface area contributed by atoms with Gasteiger partial charge in [0, 0.05) is 6.08 Å². The van der Waals surface area contributed by atoms with Crippen molar-refractivity contribution in [2.75, 3.05) is 6.61 Å². The van der Waals surface area contributed by atoms with Crippen LogP contribution in [0.15, 0.2) is 22.0 Å². The van der Waals surface area contributed by atoms with Crippen molar-refractivity contribution < 1.29 is 14.3 Å². The summed E-state index contributed by atoms with van der Waals surface area (Å²) in [7, 11) is 0. The minimum absolute atomic E-state index is 0.233. The Kier molecular flexibility index (Phi) is 5.09. The number of hydrogen-bond donors (Lipinski definition) is 1. The summed E-state index contributed by atoms with van der Waals surface area (Å²) in [6, 6.07) is 0. The first-order chi connectivity index (χ1) is 6.06. The van der Waals surface area contributed by atoms with Crippen LogP contribution in [-0.4, -0.2) is 18.6 Å². The van der Waals surface area contributed by atoms with Crippen LogP contribution in [0.2, 0.25) is 0 Å². The van der Waals surface area contributed by atoms with Crippen molar-refractivity contribution in [3.63, 3.8) is 0 Å². The molecule has 2 amide bonds. The van der Waals surface area contributed by atoms with Crippen molar-refractivity contribution in [2.45, 2.75) is 13.8 Å². The molecule has 0 bridgehead atoms. The third-order valence-corrected chi connectivity index (χ3v) is 0.908. The summed E-state index contributed by atoms with van der Waals surface area (Å²) >= 11 is 0. The number of ether oxygens (including phenoxy) is 1. The highest BCUT2D eigenvalue weighted by atomic mass is 16.5. The number of allylic oxidation sites excluding steroid dienone is 1. The van der Waals surface area contributed by atoms with Crippen LogP contribution in [-0.2, 0) is 9.53 Å². The average molecular weight is 185 g/mol. The van der Waals surface area contributed by atoms with Crippen LogP contribution >= 0.6 is 0 Å². The molecule has 0 radical (unpaired) electrons. The van der Waals surface area contributed by atoms with Crippen molar-refractivity contribution in [1.29, 1.82) is 0 Å². The predicted octanol–water partition coefficient (Wildman–Crippen LogP) is 0.984. The van der Waals surface area contributed by atoms with Crippen molar-refractivity contribution >= 4 is 12.0 Å². The van der Waals surface area contributed by atoms with E-state index in [2.05, 4.69) is 15.0 Å². The molecule has 0 saturated heterocycles. The van der Waals surface area contributed by atoms with Gasteiger partial charge in [0.2, 0.25) is 5.91 Å². The van der Waals surface area contributed by atoms with Gasteiger partial charge in [-0.15, -0.1) is 5.11 Å². The van der Waals surface area contributed by atoms with Gasteiger partial charge in [-0.1, -0.05) is 5.11 Å². The molecule has 2 N–H and O–H groups in total. The lowest BCUT2D eigenvalue weighted by Crippen LogP contribution is -2.06. The monoisotopic (exact) mass is 185 g/mol. The summed E-state index contributed by atoms with van der Waals surface area (Å²) in [4.78, 5) is 20.9. The number of carbonyl (C=O) groups is 2. The number of hydrogen-bond acceptors (Lipinski definition) is 4. The van der Waals surface area contributed by atoms with Crippen LogP contribution < -0.4 is 5.73 Å². The summed E-state index contributed by atoms with van der Waals surface area (Å²) in [5.74, 6) is -0.639. The topological polar surface area (TPSA) is 94.1 Å². The highest BCUT2D eigenvalue weighted by Gasteiger charge is 1.96. The molecule has 6 heteroatoms. The van der Waals surface area contributed by atoms with Crippen molar-refractivity contribution in [3.8, 4) is 0 Å². The molecule has 0 fully saturated rings. The van der Waals surface area contributed by atoms with E-state index in [1.807, 2.05) is 0 Å². The Morgan fingerprint density at radius 1 is 1.46 bits per heavy atom. The second-order valence-electron chi connectivity index (χ2n) is 2.09. The Morgan fingerprint density at radius 3 is 2.54 bits per heavy atom. The molecule has 0 saturated carbocycles. The van der Waals surface area contributed by atoms with E-state index in [0.717, 1.165) is 6.08 Å². The predicted molar refractivity (Wildman–Crippen MR) is 44.8 cm³/mol. The van der Waals surface area contributed by atoms with E-state index in [9.17, 15) is 9.59 Å². The van der Waals surface area contributed by atoms with Gasteiger partial charge in [0.05, 0.1) is 12.3 Å². The van der Waals surface area contributed by atoms with Gasteiger partial charge >= 0.3 is 6.09 Å². The zero-order chi connectivity index (χ0) is 10.3. The lowest BCUT2D eigenvalue weighted by Gasteiger charge is -1.92. The molecule has 0 aliphatic heterocycles. The van der Waals surface area contributed by atoms with Crippen molar-refractivity contribution in [2.24, 2.45) is 16.0 Å². The molecule has 0 unspecified atom stereocenters. The lowest BCUT2D eigenvalue weighted by atomic mass is 10.4. The van der Waals surface area contributed by atoms with Crippen molar-refractivity contribution in [3.05, 3.63) is 11.8 Å². The van der Waals surface area contributed by atoms with E-state index in [0.29, 0.717) is 0 Å². The molecule has 13 heavy (non-hydrogen) atoms. The molecule has 0 rings (SSSR count). The largest absolute Gasteiger partial charge is 0.452 e. The van der Waals surface area contributed by atoms with Crippen LogP contribution in [0.1, 0.15) is 13.8 Å². The van der Waals surface area contributed by atoms with Crippen molar-refractivity contribution in [1.82, 2.24) is 0 Å². The Morgan fingerprint density at radius 2 is 2.08 bits per heavy atom. The van der Waals surface area contributed by atoms with Gasteiger partial charge in [0.25, 0.3) is 0 Å². The van der Waals surface area contributed by atoms with Crippen LogP contribution in [0.25, 0.3) is 0 Å². The number of amides is 2. The number of rotatable bonds is 3. The molecule has 0 heterocycles. The normalized spacial score (nSPS) is 11.7. The Labute approximate surface area is 75.5 Å². The highest BCUT2D eigenvalue weighted by Crippen LogP contribution is 1.96. The van der Waals surface area contributed by atoms with E-state index in [-0.39, 0.29) is 12.3 Å². The van der Waals surface area contributed by atoms with Crippen LogP contribution in [0, 0.1) is 0 Å². The molecular formula is C7H11N3O3. The van der Waals surface area contributed by atoms with Gasteiger partial charge < -0.3 is 10.5 Å². The van der Waals surface area contributed by atoms with E-state index in [1.54, 1.807) is 6.92 Å². The molecule has 0 aromatic heterocycles. The molecule has 72 valence electrons. The molecule has 0 aromatic carbocycles. The average Bonchev–Trinajstić information content (AvgIpc) is 2.00. The fourth-order valence-corrected chi connectivity index (χ4v) is 0.507. The first-order valence-electron chi connectivity index (χ1n) is 3.62. The Hall–Kier alpha value is -1.72. The molecule has 0 spiro atoms. The third-order valence-electron chi connectivity index (χ3n) is 0.908. The first kappa shape index (κ1) is 11.3. The molecule has 0 aromatic rings. The molecule has 0 aliphatic carbocycles. The number of nitrogens with zero attached hydrogens (tertiary/aromatic N) is 2. The van der Waals surface area contributed by atoms with E-state index in [1.165, 1.54) is 6.92 Å². The summed E-state index contributed by atoms with van der Waals surface area (Å²) in [5, 5.41) is 6.55. The smallest absolute Gasteiger partial charge is 0.447 e. The third kappa shape index (κ3) is 6.67. The lowest BCUT2D eigenvalue weighted by molar-refractivity contribution is -0.113. The zero-order valence-electron chi connectivity index (χ0n) is 7.48. The maximum atomic E-state index is 10.6. The van der Waals surface area contributed by atoms with Crippen LogP contribution in [0.5, 0.6) is 0 Å². The maximum absolute atomic E-state index is 10.6. The fourth-order valence-electron chi connectivity index (χ4n) is 0.507. The summed E-state index contributed by atoms with van der Waals surface area (Å²) in [6.45, 7) is 3.38. The molecular weight excluding hydrogens is 174 g/mol. The van der Waals surface area contributed by atoms with Gasteiger partial charge in [-0.2, -0.15) is 0 Å². The Balaban J connectivity index is 4.11. The second-order valence-corrected chi connectivity index (χ2v) is 2.09. The van der Waals surface area contributed by atoms with E-state index >= 15 is 0 Å². The van der Waals surface area contributed by atoms with Gasteiger partial charge in [-0.3, -0.25) is 4.79 Å². The van der Waals surface area contributed by atoms with E-state index < -0.39 is 12.0 Å². The zero-order valence-corrected chi connectivity index (χ0v) is 7.48. The van der Waals surface area contributed by atoms with Crippen LogP contribution in [0.4, 0.5) is 4.79 Å². The summed E-state index contributed by atoms with van der Waals surface area (Å²) in [5.41, 5.74) is 5.08.